The summed E-state index contributed by atoms with van der Waals surface area (Å²) in [4.78, 5) is 16.7. The molecule has 0 aliphatic rings. The van der Waals surface area contributed by atoms with Gasteiger partial charge in [-0.15, -0.1) is 40.5 Å². The Labute approximate surface area is 294 Å². The van der Waals surface area contributed by atoms with Gasteiger partial charge in [0.05, 0.1) is 8.07 Å². The smallest absolute Gasteiger partial charge is 0.164 e. The van der Waals surface area contributed by atoms with E-state index in [4.69, 9.17) is 4.98 Å². The van der Waals surface area contributed by atoms with Crippen molar-refractivity contribution in [3.05, 3.63) is 84.3 Å². The molecule has 0 amide bonds. The first-order valence-corrected chi connectivity index (χ1v) is 20.5. The molecule has 0 saturated heterocycles. The van der Waals surface area contributed by atoms with Crippen molar-refractivity contribution < 1.29 is 30.0 Å². The third-order valence-electron chi connectivity index (χ3n) is 9.33. The third kappa shape index (κ3) is 8.07. The molecule has 3 aromatic carbocycles. The van der Waals surface area contributed by atoms with Crippen LogP contribution in [0, 0.1) is 16.9 Å². The molecule has 247 valence electrons. The van der Waals surface area contributed by atoms with E-state index >= 15 is 0 Å². The summed E-state index contributed by atoms with van der Waals surface area (Å²) in [6.45, 7) is 23.4. The molecule has 0 spiro atoms. The Kier molecular flexibility index (Phi) is 12.0. The molecule has 5 rings (SSSR count). The van der Waals surface area contributed by atoms with Crippen LogP contribution in [0.2, 0.25) is 19.6 Å². The second kappa shape index (κ2) is 14.6. The van der Waals surface area contributed by atoms with Gasteiger partial charge in [0.25, 0.3) is 0 Å². The number of nitrogens with zero attached hydrogens (tertiary/aromatic N) is 1. The summed E-state index contributed by atoms with van der Waals surface area (Å²) in [6, 6.07) is 23.8. The fraction of sp³-hybridized carbons (Fsp3) is 0.400. The van der Waals surface area contributed by atoms with Crippen LogP contribution in [0.4, 0.5) is 0 Å². The van der Waals surface area contributed by atoms with Crippen LogP contribution in [0.25, 0.3) is 42.2 Å². The maximum Gasteiger partial charge on any atom is 0.164 e. The minimum Gasteiger partial charge on any atom is -0.512 e. The van der Waals surface area contributed by atoms with Gasteiger partial charge in [-0.05, 0) is 41.7 Å². The maximum absolute atomic E-state index is 11.8. The van der Waals surface area contributed by atoms with Crippen molar-refractivity contribution >= 4 is 61.3 Å². The first-order chi connectivity index (χ1) is 21.0. The molecule has 2 heterocycles. The standard InChI is InChI=1S/C27H26NSSi.C13H24O2.Ir/c1-17(2)23-15-19(14-18-8-6-7-9-21(18)23)27-26-22-11-10-20(30(3,4)5)16-25(22)29-24(26)12-13-28-27;1-7-12(3,4)10(14)9-11(15)13(5,6)8-2;/h6-13,15-17H,1-5H3;9,14H,7-8H2,1-6H3;/q-1;;/b;10-9-;. The fourth-order valence-electron chi connectivity index (χ4n) is 5.13. The molecule has 1 radical (unpaired) electrons. The number of aliphatic hydroxyl groups excluding tert-OH is 1. The molecule has 0 aliphatic heterocycles. The van der Waals surface area contributed by atoms with Crippen molar-refractivity contribution in [3.63, 3.8) is 0 Å². The number of ketones is 1. The zero-order chi connectivity index (χ0) is 33.3. The van der Waals surface area contributed by atoms with Crippen LogP contribution in [0.15, 0.2) is 72.6 Å². The Morgan fingerprint density at radius 1 is 0.935 bits per heavy atom. The van der Waals surface area contributed by atoms with Gasteiger partial charge in [0.1, 0.15) is 5.76 Å². The van der Waals surface area contributed by atoms with Gasteiger partial charge in [-0.2, -0.15) is 0 Å². The average molecular weight is 829 g/mol. The molecule has 3 nitrogen and oxygen atoms in total. The second-order valence-corrected chi connectivity index (χ2v) is 21.0. The van der Waals surface area contributed by atoms with E-state index in [0.717, 1.165) is 29.5 Å². The first kappa shape index (κ1) is 37.8. The zero-order valence-corrected chi connectivity index (χ0v) is 33.6. The van der Waals surface area contributed by atoms with E-state index < -0.39 is 8.07 Å². The number of hydrogen-bond donors (Lipinski definition) is 1. The number of benzene rings is 3. The second-order valence-electron chi connectivity index (χ2n) is 14.8. The SMILES string of the molecule is CC(C)c1cc(-c2nccc3sc4cc([Si](C)(C)C)ccc4c23)[c-]c2ccccc12.CCC(C)(C)C(=O)/C=C(\O)C(C)(C)CC.[Ir]. The monoisotopic (exact) mass is 829 g/mol. The van der Waals surface area contributed by atoms with E-state index in [1.165, 1.54) is 42.4 Å². The van der Waals surface area contributed by atoms with Gasteiger partial charge in [0.15, 0.2) is 5.78 Å². The maximum atomic E-state index is 11.8. The van der Waals surface area contributed by atoms with E-state index in [1.54, 1.807) is 0 Å². The molecule has 6 heteroatoms. The van der Waals surface area contributed by atoms with Crippen molar-refractivity contribution in [2.45, 2.75) is 93.8 Å². The minimum absolute atomic E-state index is 0. The van der Waals surface area contributed by atoms with E-state index in [2.05, 4.69) is 94.2 Å². The van der Waals surface area contributed by atoms with Crippen LogP contribution in [0.3, 0.4) is 0 Å². The van der Waals surface area contributed by atoms with Crippen molar-refractivity contribution in [1.29, 1.82) is 0 Å². The van der Waals surface area contributed by atoms with Gasteiger partial charge in [-0.25, -0.2) is 0 Å². The molecule has 0 aliphatic carbocycles. The molecule has 1 N–H and O–H groups in total. The number of aromatic nitrogens is 1. The van der Waals surface area contributed by atoms with Gasteiger partial charge >= 0.3 is 0 Å². The quantitative estimate of drug-likeness (QED) is 0.0734. The summed E-state index contributed by atoms with van der Waals surface area (Å²) >= 11 is 1.88. The van der Waals surface area contributed by atoms with Crippen LogP contribution < -0.4 is 5.19 Å². The third-order valence-corrected chi connectivity index (χ3v) is 12.5. The topological polar surface area (TPSA) is 50.2 Å². The van der Waals surface area contributed by atoms with Gasteiger partial charge in [0.2, 0.25) is 0 Å². The molecule has 5 aromatic rings. The predicted octanol–water partition coefficient (Wildman–Crippen LogP) is 11.6. The molecule has 2 aromatic heterocycles. The number of pyridine rings is 1. The Morgan fingerprint density at radius 3 is 2.20 bits per heavy atom. The number of fused-ring (bicyclic) bond motifs is 4. The van der Waals surface area contributed by atoms with Crippen LogP contribution in [0.1, 0.15) is 79.7 Å². The van der Waals surface area contributed by atoms with Crippen molar-refractivity contribution in [2.75, 3.05) is 0 Å². The van der Waals surface area contributed by atoms with Gasteiger partial charge < -0.3 is 5.11 Å². The number of thiophene rings is 1. The molecule has 0 fully saturated rings. The number of hydrogen-bond acceptors (Lipinski definition) is 4. The first-order valence-electron chi connectivity index (χ1n) is 16.2. The minimum atomic E-state index is -1.34. The molecule has 0 unspecified atom stereocenters. The predicted molar refractivity (Wildman–Crippen MR) is 200 cm³/mol. The molecule has 0 bridgehead atoms. The fourth-order valence-corrected chi connectivity index (χ4v) is 7.53. The molecule has 46 heavy (non-hydrogen) atoms. The van der Waals surface area contributed by atoms with Crippen LogP contribution >= 0.6 is 11.3 Å². The van der Waals surface area contributed by atoms with Crippen molar-refractivity contribution in [1.82, 2.24) is 4.98 Å². The summed E-state index contributed by atoms with van der Waals surface area (Å²) < 4.78 is 2.67. The Morgan fingerprint density at radius 2 is 1.59 bits per heavy atom. The van der Waals surface area contributed by atoms with Crippen LogP contribution in [-0.2, 0) is 24.9 Å². The van der Waals surface area contributed by atoms with Crippen LogP contribution in [-0.4, -0.2) is 23.9 Å². The molecule has 0 atom stereocenters. The van der Waals surface area contributed by atoms with E-state index in [1.807, 2.05) is 59.1 Å². The largest absolute Gasteiger partial charge is 0.512 e. The Bertz CT molecular complexity index is 1880. The summed E-state index contributed by atoms with van der Waals surface area (Å²) in [5, 5.41) is 16.4. The summed E-state index contributed by atoms with van der Waals surface area (Å²) in [6.07, 6.45) is 4.94. The summed E-state index contributed by atoms with van der Waals surface area (Å²) in [5.41, 5.74) is 2.82. The molecular formula is C40H50IrNO2SSi-. The van der Waals surface area contributed by atoms with Gasteiger partial charge in [-0.3, -0.25) is 9.78 Å². The molecular weight excluding hydrogens is 779 g/mol. The number of allylic oxidation sites excluding steroid dienone is 2. The molecule has 0 saturated carbocycles. The van der Waals surface area contributed by atoms with E-state index in [-0.39, 0.29) is 42.5 Å². The Balaban J connectivity index is 0.000000309. The number of rotatable bonds is 8. The van der Waals surface area contributed by atoms with Crippen molar-refractivity contribution in [3.8, 4) is 11.3 Å². The van der Waals surface area contributed by atoms with Crippen LogP contribution in [0.5, 0.6) is 0 Å². The summed E-state index contributed by atoms with van der Waals surface area (Å²) in [7, 11) is -1.34. The average Bonchev–Trinajstić information content (AvgIpc) is 3.38. The Hall–Kier alpha value is -2.63. The normalized spacial score (nSPS) is 12.7. The number of aliphatic hydroxyl groups is 1. The van der Waals surface area contributed by atoms with E-state index in [0.29, 0.717) is 5.92 Å². The van der Waals surface area contributed by atoms with Crippen molar-refractivity contribution in [2.24, 2.45) is 10.8 Å². The number of carbonyl (C=O) groups excluding carboxylic acids is 1. The van der Waals surface area contributed by atoms with Gasteiger partial charge in [-0.1, -0.05) is 121 Å². The number of carbonyl (C=O) groups is 1. The zero-order valence-electron chi connectivity index (χ0n) is 29.4. The van der Waals surface area contributed by atoms with E-state index in [9.17, 15) is 9.90 Å². The summed E-state index contributed by atoms with van der Waals surface area (Å²) in [5.74, 6) is 0.640. The van der Waals surface area contributed by atoms with Gasteiger partial charge in [0, 0.05) is 58.3 Å².